The molecule has 1 amide bonds. The van der Waals surface area contributed by atoms with Crippen LogP contribution in [-0.4, -0.2) is 62.0 Å². The first-order valence-electron chi connectivity index (χ1n) is 6.70. The second-order valence-electron chi connectivity index (χ2n) is 5.12. The zero-order valence-corrected chi connectivity index (χ0v) is 11.7. The van der Waals surface area contributed by atoms with E-state index in [4.69, 9.17) is 0 Å². The second-order valence-corrected chi connectivity index (χ2v) is 5.12. The van der Waals surface area contributed by atoms with Crippen molar-refractivity contribution in [3.8, 4) is 0 Å². The maximum atomic E-state index is 11.8. The summed E-state index contributed by atoms with van der Waals surface area (Å²) in [5.41, 5.74) is 0. The molecule has 0 spiro atoms. The maximum absolute atomic E-state index is 11.8. The van der Waals surface area contributed by atoms with Gasteiger partial charge >= 0.3 is 0 Å². The van der Waals surface area contributed by atoms with E-state index in [1.54, 1.807) is 4.90 Å². The third kappa shape index (κ3) is 4.28. The molecular formula is C13H27N3O. The summed E-state index contributed by atoms with van der Waals surface area (Å²) in [7, 11) is 5.98. The zero-order chi connectivity index (χ0) is 12.8. The molecule has 17 heavy (non-hydrogen) atoms. The Labute approximate surface area is 105 Å². The van der Waals surface area contributed by atoms with Gasteiger partial charge in [0.05, 0.1) is 6.54 Å². The van der Waals surface area contributed by atoms with E-state index in [1.165, 1.54) is 25.7 Å². The van der Waals surface area contributed by atoms with Gasteiger partial charge in [-0.25, -0.2) is 0 Å². The van der Waals surface area contributed by atoms with Gasteiger partial charge in [-0.15, -0.1) is 0 Å². The number of carbonyl (C=O) groups is 1. The van der Waals surface area contributed by atoms with Gasteiger partial charge < -0.3 is 10.2 Å². The molecule has 1 aliphatic carbocycles. The van der Waals surface area contributed by atoms with E-state index in [9.17, 15) is 4.79 Å². The minimum atomic E-state index is 0.228. The van der Waals surface area contributed by atoms with Crippen LogP contribution in [0.5, 0.6) is 0 Å². The van der Waals surface area contributed by atoms with Crippen LogP contribution in [0.25, 0.3) is 0 Å². The van der Waals surface area contributed by atoms with Gasteiger partial charge in [-0.05, 0) is 46.7 Å². The number of nitrogens with one attached hydrogen (secondary N) is 1. The Kier molecular flexibility index (Phi) is 5.92. The Morgan fingerprint density at radius 1 is 1.24 bits per heavy atom. The van der Waals surface area contributed by atoms with Crippen molar-refractivity contribution >= 4 is 5.91 Å². The molecule has 0 aromatic heterocycles. The molecule has 0 aliphatic heterocycles. The fraction of sp³-hybridized carbons (Fsp3) is 0.923. The van der Waals surface area contributed by atoms with Crippen LogP contribution in [0.1, 0.15) is 32.6 Å². The van der Waals surface area contributed by atoms with Crippen LogP contribution in [0.15, 0.2) is 0 Å². The monoisotopic (exact) mass is 241 g/mol. The van der Waals surface area contributed by atoms with Crippen LogP contribution in [0.3, 0.4) is 0 Å². The molecule has 0 aromatic rings. The summed E-state index contributed by atoms with van der Waals surface area (Å²) in [6.45, 7) is 3.36. The van der Waals surface area contributed by atoms with E-state index in [-0.39, 0.29) is 5.91 Å². The highest BCUT2D eigenvalue weighted by atomic mass is 16.2. The summed E-state index contributed by atoms with van der Waals surface area (Å²) in [5.74, 6) is 0.228. The van der Waals surface area contributed by atoms with E-state index in [0.717, 1.165) is 6.54 Å². The number of carbonyl (C=O) groups excluding carboxylic acids is 1. The van der Waals surface area contributed by atoms with E-state index in [2.05, 4.69) is 17.3 Å². The second kappa shape index (κ2) is 6.97. The number of likely N-dealkylation sites (N-methyl/N-ethyl adjacent to an activating group) is 2. The van der Waals surface area contributed by atoms with Gasteiger partial charge in [-0.1, -0.05) is 0 Å². The van der Waals surface area contributed by atoms with Crippen molar-refractivity contribution in [2.24, 2.45) is 0 Å². The number of rotatable bonds is 5. The van der Waals surface area contributed by atoms with Gasteiger partial charge in [0, 0.05) is 25.7 Å². The predicted molar refractivity (Wildman–Crippen MR) is 71.0 cm³/mol. The maximum Gasteiger partial charge on any atom is 0.236 e. The average Bonchev–Trinajstić information content (AvgIpc) is 2.37. The number of hydrogen-bond donors (Lipinski definition) is 1. The van der Waals surface area contributed by atoms with Crippen LogP contribution in [0.2, 0.25) is 0 Å². The lowest BCUT2D eigenvalue weighted by Crippen LogP contribution is -2.44. The number of nitrogens with zero attached hydrogens (tertiary/aromatic N) is 2. The number of hydrogen-bond acceptors (Lipinski definition) is 3. The topological polar surface area (TPSA) is 35.6 Å². The first-order valence-corrected chi connectivity index (χ1v) is 6.70. The third-order valence-corrected chi connectivity index (χ3v) is 4.01. The van der Waals surface area contributed by atoms with Gasteiger partial charge in [-0.3, -0.25) is 9.69 Å². The first kappa shape index (κ1) is 14.5. The Bertz CT molecular complexity index is 237. The highest BCUT2D eigenvalue weighted by Crippen LogP contribution is 2.22. The van der Waals surface area contributed by atoms with Gasteiger partial charge in [0.25, 0.3) is 0 Å². The Hall–Kier alpha value is -0.610. The molecule has 0 aromatic carbocycles. The standard InChI is InChI=1S/C13H27N3O/c1-5-15(3)13(17)10-16(4)12-8-6-11(14-2)7-9-12/h11-12,14H,5-10H2,1-4H3. The lowest BCUT2D eigenvalue weighted by molar-refractivity contribution is -0.131. The third-order valence-electron chi connectivity index (χ3n) is 4.01. The summed E-state index contributed by atoms with van der Waals surface area (Å²) in [6.07, 6.45) is 4.85. The molecule has 4 nitrogen and oxygen atoms in total. The van der Waals surface area contributed by atoms with Gasteiger partial charge in [-0.2, -0.15) is 0 Å². The highest BCUT2D eigenvalue weighted by Gasteiger charge is 2.24. The molecule has 1 aliphatic rings. The first-order chi connectivity index (χ1) is 8.08. The Balaban J connectivity index is 2.33. The van der Waals surface area contributed by atoms with Crippen molar-refractivity contribution in [1.29, 1.82) is 0 Å². The Morgan fingerprint density at radius 2 is 1.82 bits per heavy atom. The quantitative estimate of drug-likeness (QED) is 0.778. The molecule has 4 heteroatoms. The number of amides is 1. The van der Waals surface area contributed by atoms with Crippen molar-refractivity contribution in [1.82, 2.24) is 15.1 Å². The smallest absolute Gasteiger partial charge is 0.236 e. The minimum absolute atomic E-state index is 0.228. The molecule has 0 radical (unpaired) electrons. The van der Waals surface area contributed by atoms with Crippen LogP contribution in [-0.2, 0) is 4.79 Å². The van der Waals surface area contributed by atoms with Crippen LogP contribution < -0.4 is 5.32 Å². The fourth-order valence-corrected chi connectivity index (χ4v) is 2.44. The Morgan fingerprint density at radius 3 is 2.29 bits per heavy atom. The molecule has 0 heterocycles. The summed E-state index contributed by atoms with van der Waals surface area (Å²) in [5, 5.41) is 3.34. The van der Waals surface area contributed by atoms with Crippen molar-refractivity contribution < 1.29 is 4.79 Å². The van der Waals surface area contributed by atoms with E-state index in [0.29, 0.717) is 18.6 Å². The van der Waals surface area contributed by atoms with Gasteiger partial charge in [0.2, 0.25) is 5.91 Å². The summed E-state index contributed by atoms with van der Waals surface area (Å²) in [4.78, 5) is 15.8. The normalized spacial score (nSPS) is 25.0. The molecule has 0 unspecified atom stereocenters. The van der Waals surface area contributed by atoms with Crippen LogP contribution in [0.4, 0.5) is 0 Å². The van der Waals surface area contributed by atoms with Crippen LogP contribution in [0, 0.1) is 0 Å². The molecule has 1 N–H and O–H groups in total. The SMILES string of the molecule is CCN(C)C(=O)CN(C)C1CCC(NC)CC1. The molecule has 0 bridgehead atoms. The van der Waals surface area contributed by atoms with Gasteiger partial charge in [0.15, 0.2) is 0 Å². The minimum Gasteiger partial charge on any atom is -0.345 e. The fourth-order valence-electron chi connectivity index (χ4n) is 2.44. The zero-order valence-electron chi connectivity index (χ0n) is 11.7. The molecule has 0 atom stereocenters. The van der Waals surface area contributed by atoms with Crippen molar-refractivity contribution in [2.45, 2.75) is 44.7 Å². The van der Waals surface area contributed by atoms with Crippen molar-refractivity contribution in [3.05, 3.63) is 0 Å². The molecule has 1 rings (SSSR count). The molecule has 100 valence electrons. The average molecular weight is 241 g/mol. The molecule has 0 saturated heterocycles. The van der Waals surface area contributed by atoms with Crippen molar-refractivity contribution in [3.63, 3.8) is 0 Å². The predicted octanol–water partition coefficient (Wildman–Crippen LogP) is 0.927. The van der Waals surface area contributed by atoms with E-state index < -0.39 is 0 Å². The molecule has 1 saturated carbocycles. The van der Waals surface area contributed by atoms with E-state index in [1.807, 2.05) is 21.0 Å². The molecule has 1 fully saturated rings. The van der Waals surface area contributed by atoms with Crippen LogP contribution >= 0.6 is 0 Å². The molecular weight excluding hydrogens is 214 g/mol. The van der Waals surface area contributed by atoms with E-state index >= 15 is 0 Å². The largest absolute Gasteiger partial charge is 0.345 e. The van der Waals surface area contributed by atoms with Crippen molar-refractivity contribution in [2.75, 3.05) is 34.2 Å². The van der Waals surface area contributed by atoms with Gasteiger partial charge in [0.1, 0.15) is 0 Å². The summed E-state index contributed by atoms with van der Waals surface area (Å²) < 4.78 is 0. The summed E-state index contributed by atoms with van der Waals surface area (Å²) in [6, 6.07) is 1.25. The lowest BCUT2D eigenvalue weighted by atomic mass is 9.90. The lowest BCUT2D eigenvalue weighted by Gasteiger charge is -2.34. The highest BCUT2D eigenvalue weighted by molar-refractivity contribution is 5.77. The summed E-state index contributed by atoms with van der Waals surface area (Å²) >= 11 is 0.